The molecule has 0 radical (unpaired) electrons. The van der Waals surface area contributed by atoms with Crippen LogP contribution < -0.4 is 10.5 Å². The van der Waals surface area contributed by atoms with Gasteiger partial charge in [-0.2, -0.15) is 0 Å². The maximum Gasteiger partial charge on any atom is 0.187 e. The summed E-state index contributed by atoms with van der Waals surface area (Å²) in [5.74, 6) is 0. The molecule has 39 heavy (non-hydrogen) atoms. The van der Waals surface area contributed by atoms with Crippen LogP contribution in [0.5, 0.6) is 0 Å². The van der Waals surface area contributed by atoms with Gasteiger partial charge in [-0.15, -0.1) is 0 Å². The normalized spacial score (nSPS) is 35.7. The lowest BCUT2D eigenvalue weighted by Gasteiger charge is -2.47. The highest BCUT2D eigenvalue weighted by Crippen LogP contribution is 2.31. The molecule has 0 saturated carbocycles. The summed E-state index contributed by atoms with van der Waals surface area (Å²) in [5, 5.41) is 62.3. The van der Waals surface area contributed by atoms with Crippen LogP contribution in [0.2, 0.25) is 0 Å². The number of aliphatic hydroxyl groups excluding tert-OH is 6. The minimum absolute atomic E-state index is 0.150. The van der Waals surface area contributed by atoms with E-state index in [1.807, 2.05) is 18.3 Å². The number of nitrogens with one attached hydrogen (secondary N) is 2. The predicted molar refractivity (Wildman–Crippen MR) is 131 cm³/mol. The second-order valence-corrected chi connectivity index (χ2v) is 10.5. The summed E-state index contributed by atoms with van der Waals surface area (Å²) in [5.41, 5.74) is 3.07. The molecular formula is C25H43N2O12+. The zero-order valence-electron chi connectivity index (χ0n) is 22.5. The third-order valence-electron chi connectivity index (χ3n) is 6.24. The lowest BCUT2D eigenvalue weighted by atomic mass is 9.96. The number of hydroxylamine groups is 1. The van der Waals surface area contributed by atoms with E-state index in [2.05, 4.69) is 10.5 Å². The number of aromatic amines is 1. The van der Waals surface area contributed by atoms with Gasteiger partial charge in [-0.1, -0.05) is 0 Å². The molecule has 2 saturated heterocycles. The Morgan fingerprint density at radius 2 is 1.56 bits per heavy atom. The highest BCUT2D eigenvalue weighted by Gasteiger charge is 2.51. The van der Waals surface area contributed by atoms with Crippen LogP contribution in [0.1, 0.15) is 32.8 Å². The Hall–Kier alpha value is -1.37. The molecule has 0 aliphatic carbocycles. The topological polar surface area (TPSA) is 203 Å². The van der Waals surface area contributed by atoms with Crippen molar-refractivity contribution in [3.63, 3.8) is 0 Å². The molecule has 1 aromatic rings. The highest BCUT2D eigenvalue weighted by molar-refractivity contribution is 5.02. The fourth-order valence-electron chi connectivity index (χ4n) is 4.30. The summed E-state index contributed by atoms with van der Waals surface area (Å²) in [6, 6.07) is 3.78. The maximum atomic E-state index is 10.7. The molecule has 1 aromatic heterocycles. The third-order valence-corrected chi connectivity index (χ3v) is 6.24. The van der Waals surface area contributed by atoms with Crippen LogP contribution in [0, 0.1) is 0 Å². The SMILES string of the molecule is CC(C)(C)O[C@@H]1C(CO)O[C@@H](O[C@H]2C(CO)O[C@@H](OCCCNOCc3ccc[nH+]c3)C(O)[C@@H]2O)C(O)[C@@H]1O. The minimum Gasteiger partial charge on any atom is -0.394 e. The highest BCUT2D eigenvalue weighted by atomic mass is 16.7. The second-order valence-electron chi connectivity index (χ2n) is 10.5. The van der Waals surface area contributed by atoms with Crippen LogP contribution in [0.3, 0.4) is 0 Å². The Morgan fingerprint density at radius 1 is 0.923 bits per heavy atom. The predicted octanol–water partition coefficient (Wildman–Crippen LogP) is -2.62. The Balaban J connectivity index is 1.48. The Labute approximate surface area is 227 Å². The molecule has 0 aromatic carbocycles. The largest absolute Gasteiger partial charge is 0.394 e. The van der Waals surface area contributed by atoms with Crippen molar-refractivity contribution < 1.29 is 64.1 Å². The summed E-state index contributed by atoms with van der Waals surface area (Å²) < 4.78 is 28.3. The van der Waals surface area contributed by atoms with Crippen molar-refractivity contribution in [1.29, 1.82) is 0 Å². The number of rotatable bonds is 13. The van der Waals surface area contributed by atoms with Gasteiger partial charge in [0.15, 0.2) is 25.0 Å². The number of aromatic nitrogens is 1. The van der Waals surface area contributed by atoms with Gasteiger partial charge < -0.3 is 54.3 Å². The van der Waals surface area contributed by atoms with Gasteiger partial charge in [-0.3, -0.25) is 4.84 Å². The standard InChI is InChI=1S/C25H42N2O12/c1-25(2,3)39-22-16(12-29)37-24(20(33)18(22)31)38-21-15(11-28)36-23(19(32)17(21)30)34-9-5-8-27-35-13-14-6-4-7-26-10-14/h4,6-7,10,15-24,27-33H,5,8-9,11-13H2,1-3H3/p+1/t15?,16?,17-,18-,19?,20?,21-,22+,23+,24-/m0/s1. The monoisotopic (exact) mass is 563 g/mol. The Kier molecular flexibility index (Phi) is 12.4. The number of pyridine rings is 1. The van der Waals surface area contributed by atoms with Crippen molar-refractivity contribution in [2.45, 2.75) is 101 Å². The molecule has 2 fully saturated rings. The summed E-state index contributed by atoms with van der Waals surface area (Å²) >= 11 is 0. The molecule has 0 bridgehead atoms. The quantitative estimate of drug-likeness (QED) is 0.0971. The summed E-state index contributed by atoms with van der Waals surface area (Å²) in [7, 11) is 0. The molecule has 8 N–H and O–H groups in total. The maximum absolute atomic E-state index is 10.7. The first-order chi connectivity index (χ1) is 18.6. The first-order valence-corrected chi connectivity index (χ1v) is 13.0. The van der Waals surface area contributed by atoms with E-state index in [9.17, 15) is 30.6 Å². The zero-order valence-corrected chi connectivity index (χ0v) is 22.5. The number of H-pyrrole nitrogens is 1. The molecule has 2 aliphatic rings. The van der Waals surface area contributed by atoms with Crippen molar-refractivity contribution >= 4 is 0 Å². The number of ether oxygens (including phenoxy) is 5. The Morgan fingerprint density at radius 3 is 2.21 bits per heavy atom. The van der Waals surface area contributed by atoms with Gasteiger partial charge in [0, 0.05) is 18.2 Å². The fourth-order valence-corrected chi connectivity index (χ4v) is 4.30. The van der Waals surface area contributed by atoms with Crippen LogP contribution >= 0.6 is 0 Å². The van der Waals surface area contributed by atoms with Crippen molar-refractivity contribution in [3.05, 3.63) is 30.1 Å². The molecule has 10 atom stereocenters. The number of aliphatic hydroxyl groups is 6. The van der Waals surface area contributed by atoms with Gasteiger partial charge in [0.1, 0.15) is 48.8 Å². The summed E-state index contributed by atoms with van der Waals surface area (Å²) in [4.78, 5) is 8.32. The lowest BCUT2D eigenvalue weighted by molar-refractivity contribution is -0.379. The van der Waals surface area contributed by atoms with Gasteiger partial charge in [-0.25, -0.2) is 10.5 Å². The average Bonchev–Trinajstić information content (AvgIpc) is 2.91. The Bertz CT molecular complexity index is 827. The van der Waals surface area contributed by atoms with Crippen LogP contribution in [0.25, 0.3) is 0 Å². The molecule has 3 heterocycles. The van der Waals surface area contributed by atoms with Crippen molar-refractivity contribution in [2.24, 2.45) is 0 Å². The molecule has 14 nitrogen and oxygen atoms in total. The van der Waals surface area contributed by atoms with Gasteiger partial charge >= 0.3 is 0 Å². The van der Waals surface area contributed by atoms with E-state index in [1.165, 1.54) is 0 Å². The van der Waals surface area contributed by atoms with E-state index in [-0.39, 0.29) is 6.61 Å². The molecular weight excluding hydrogens is 520 g/mol. The average molecular weight is 564 g/mol. The first kappa shape index (κ1) is 32.1. The van der Waals surface area contributed by atoms with E-state index in [4.69, 9.17) is 28.5 Å². The van der Waals surface area contributed by atoms with Gasteiger partial charge in [-0.05, 0) is 33.3 Å². The van der Waals surface area contributed by atoms with E-state index in [0.29, 0.717) is 19.6 Å². The van der Waals surface area contributed by atoms with E-state index in [0.717, 1.165) is 5.56 Å². The van der Waals surface area contributed by atoms with E-state index < -0.39 is 80.2 Å². The van der Waals surface area contributed by atoms with E-state index in [1.54, 1.807) is 27.0 Å². The van der Waals surface area contributed by atoms with Gasteiger partial charge in [0.2, 0.25) is 0 Å². The molecule has 2 aliphatic heterocycles. The lowest BCUT2D eigenvalue weighted by Crippen LogP contribution is -2.65. The number of hydrogen-bond acceptors (Lipinski definition) is 13. The molecule has 14 heteroatoms. The van der Waals surface area contributed by atoms with Gasteiger partial charge in [0.05, 0.1) is 32.0 Å². The fraction of sp³-hybridized carbons (Fsp3) is 0.800. The summed E-state index contributed by atoms with van der Waals surface area (Å²) in [6.45, 7) is 5.07. The van der Waals surface area contributed by atoms with Crippen molar-refractivity contribution in [1.82, 2.24) is 5.48 Å². The number of hydrogen-bond donors (Lipinski definition) is 7. The third kappa shape index (κ3) is 9.06. The van der Waals surface area contributed by atoms with Crippen LogP contribution in [0.15, 0.2) is 24.5 Å². The van der Waals surface area contributed by atoms with Crippen LogP contribution in [-0.2, 0) is 35.1 Å². The van der Waals surface area contributed by atoms with Crippen molar-refractivity contribution in [3.8, 4) is 0 Å². The van der Waals surface area contributed by atoms with Gasteiger partial charge in [0.25, 0.3) is 0 Å². The minimum atomic E-state index is -1.62. The summed E-state index contributed by atoms with van der Waals surface area (Å²) in [6.07, 6.45) is -9.50. The molecule has 224 valence electrons. The smallest absolute Gasteiger partial charge is 0.187 e. The molecule has 3 rings (SSSR count). The molecule has 0 spiro atoms. The van der Waals surface area contributed by atoms with Crippen LogP contribution in [0.4, 0.5) is 0 Å². The first-order valence-electron chi connectivity index (χ1n) is 13.0. The van der Waals surface area contributed by atoms with Crippen molar-refractivity contribution in [2.75, 3.05) is 26.4 Å². The second kappa shape index (κ2) is 15.0. The molecule has 4 unspecified atom stereocenters. The van der Waals surface area contributed by atoms with Crippen LogP contribution in [-0.4, -0.2) is 124 Å². The zero-order chi connectivity index (χ0) is 28.6. The molecule has 0 amide bonds. The van der Waals surface area contributed by atoms with E-state index >= 15 is 0 Å².